The van der Waals surface area contributed by atoms with E-state index in [1.54, 1.807) is 12.1 Å². The van der Waals surface area contributed by atoms with E-state index in [0.717, 1.165) is 37.3 Å². The molecule has 2 aliphatic heterocycles. The van der Waals surface area contributed by atoms with Crippen molar-refractivity contribution in [1.29, 1.82) is 0 Å². The SMILES string of the molecule is CCCNC(=NCc1ccc([N+](=O)[O-])cc1)N1CCN(C(=O)C2CCCO2)CC1. The highest BCUT2D eigenvalue weighted by molar-refractivity contribution is 5.82. The van der Waals surface area contributed by atoms with E-state index < -0.39 is 4.92 Å². The molecule has 2 aliphatic rings. The Bertz CT molecular complexity index is 723. The average molecular weight is 403 g/mol. The Labute approximate surface area is 170 Å². The predicted molar refractivity (Wildman–Crippen MR) is 110 cm³/mol. The van der Waals surface area contributed by atoms with Crippen LogP contribution in [-0.4, -0.2) is 72.0 Å². The standard InChI is InChI=1S/C20H29N5O4/c1-2-9-21-20(22-15-16-5-7-17(8-6-16)25(27)28)24-12-10-23(11-13-24)19(26)18-4-3-14-29-18/h5-8,18H,2-4,9-15H2,1H3,(H,21,22). The van der Waals surface area contributed by atoms with Gasteiger partial charge in [0.05, 0.1) is 11.5 Å². The minimum atomic E-state index is -0.404. The summed E-state index contributed by atoms with van der Waals surface area (Å²) in [5.74, 6) is 0.919. The van der Waals surface area contributed by atoms with Gasteiger partial charge in [0.1, 0.15) is 6.10 Å². The smallest absolute Gasteiger partial charge is 0.269 e. The summed E-state index contributed by atoms with van der Waals surface area (Å²) in [6, 6.07) is 6.47. The summed E-state index contributed by atoms with van der Waals surface area (Å²) in [6.07, 6.45) is 2.49. The number of non-ortho nitro benzene ring substituents is 1. The van der Waals surface area contributed by atoms with Crippen molar-refractivity contribution in [2.75, 3.05) is 39.3 Å². The van der Waals surface area contributed by atoms with Gasteiger partial charge in [-0.15, -0.1) is 0 Å². The second-order valence-electron chi connectivity index (χ2n) is 7.30. The van der Waals surface area contributed by atoms with E-state index in [2.05, 4.69) is 17.1 Å². The largest absolute Gasteiger partial charge is 0.368 e. The number of piperazine rings is 1. The van der Waals surface area contributed by atoms with Crippen LogP contribution in [0, 0.1) is 10.1 Å². The molecule has 9 nitrogen and oxygen atoms in total. The number of hydrogen-bond acceptors (Lipinski definition) is 5. The first kappa shape index (κ1) is 21.0. The average Bonchev–Trinajstić information content (AvgIpc) is 3.29. The summed E-state index contributed by atoms with van der Waals surface area (Å²) < 4.78 is 5.52. The lowest BCUT2D eigenvalue weighted by molar-refractivity contribution is -0.384. The molecule has 1 amide bonds. The van der Waals surface area contributed by atoms with Gasteiger partial charge in [-0.25, -0.2) is 4.99 Å². The Morgan fingerprint density at radius 2 is 1.93 bits per heavy atom. The first-order chi connectivity index (χ1) is 14.1. The number of nitrogens with one attached hydrogen (secondary N) is 1. The van der Waals surface area contributed by atoms with Crippen molar-refractivity contribution in [3.05, 3.63) is 39.9 Å². The van der Waals surface area contributed by atoms with Gasteiger partial charge in [-0.1, -0.05) is 19.1 Å². The maximum absolute atomic E-state index is 12.5. The quantitative estimate of drug-likeness (QED) is 0.336. The van der Waals surface area contributed by atoms with Gasteiger partial charge in [0.25, 0.3) is 11.6 Å². The molecule has 0 aliphatic carbocycles. The van der Waals surface area contributed by atoms with Crippen LogP contribution in [0.1, 0.15) is 31.7 Å². The van der Waals surface area contributed by atoms with Gasteiger partial charge in [0, 0.05) is 51.5 Å². The zero-order valence-electron chi connectivity index (χ0n) is 16.9. The van der Waals surface area contributed by atoms with Crippen LogP contribution in [0.25, 0.3) is 0 Å². The Morgan fingerprint density at radius 3 is 2.52 bits per heavy atom. The molecule has 0 bridgehead atoms. The fourth-order valence-corrected chi connectivity index (χ4v) is 3.51. The molecule has 158 valence electrons. The molecule has 0 saturated carbocycles. The van der Waals surface area contributed by atoms with E-state index in [1.807, 2.05) is 4.90 Å². The number of nitro benzene ring substituents is 1. The summed E-state index contributed by atoms with van der Waals surface area (Å²) in [5, 5.41) is 14.2. The second-order valence-corrected chi connectivity index (χ2v) is 7.30. The molecule has 9 heteroatoms. The summed E-state index contributed by atoms with van der Waals surface area (Å²) in [7, 11) is 0. The lowest BCUT2D eigenvalue weighted by atomic mass is 10.2. The van der Waals surface area contributed by atoms with Crippen molar-refractivity contribution in [1.82, 2.24) is 15.1 Å². The van der Waals surface area contributed by atoms with Crippen LogP contribution in [0.4, 0.5) is 5.69 Å². The lowest BCUT2D eigenvalue weighted by Gasteiger charge is -2.37. The molecule has 3 rings (SSSR count). The van der Waals surface area contributed by atoms with Gasteiger partial charge >= 0.3 is 0 Å². The van der Waals surface area contributed by atoms with Crippen molar-refractivity contribution in [2.45, 2.75) is 38.8 Å². The molecule has 2 fully saturated rings. The zero-order valence-corrected chi connectivity index (χ0v) is 16.9. The first-order valence-corrected chi connectivity index (χ1v) is 10.3. The minimum Gasteiger partial charge on any atom is -0.368 e. The van der Waals surface area contributed by atoms with E-state index in [0.29, 0.717) is 39.3 Å². The summed E-state index contributed by atoms with van der Waals surface area (Å²) in [4.78, 5) is 31.7. The van der Waals surface area contributed by atoms with Crippen LogP contribution >= 0.6 is 0 Å². The molecule has 1 aromatic carbocycles. The number of guanidine groups is 1. The number of hydrogen-bond donors (Lipinski definition) is 1. The second kappa shape index (κ2) is 10.2. The van der Waals surface area contributed by atoms with E-state index in [4.69, 9.17) is 9.73 Å². The van der Waals surface area contributed by atoms with E-state index >= 15 is 0 Å². The molecule has 1 unspecified atom stereocenters. The molecule has 1 N–H and O–H groups in total. The topological polar surface area (TPSA) is 100 Å². The van der Waals surface area contributed by atoms with Gasteiger partial charge in [0.2, 0.25) is 0 Å². The molecular weight excluding hydrogens is 374 g/mol. The van der Waals surface area contributed by atoms with E-state index in [9.17, 15) is 14.9 Å². The highest BCUT2D eigenvalue weighted by Gasteiger charge is 2.30. The molecule has 29 heavy (non-hydrogen) atoms. The Balaban J connectivity index is 1.58. The number of nitrogens with zero attached hydrogens (tertiary/aromatic N) is 4. The van der Waals surface area contributed by atoms with Crippen molar-refractivity contribution in [2.24, 2.45) is 4.99 Å². The third-order valence-corrected chi connectivity index (χ3v) is 5.19. The Morgan fingerprint density at radius 1 is 1.24 bits per heavy atom. The number of amides is 1. The summed E-state index contributed by atoms with van der Waals surface area (Å²) in [5.41, 5.74) is 0.993. The van der Waals surface area contributed by atoms with Crippen molar-refractivity contribution in [3.8, 4) is 0 Å². The maximum atomic E-state index is 12.5. The molecule has 2 saturated heterocycles. The first-order valence-electron chi connectivity index (χ1n) is 10.3. The minimum absolute atomic E-state index is 0.0779. The monoisotopic (exact) mass is 403 g/mol. The number of carbonyl (C=O) groups is 1. The molecule has 0 aromatic heterocycles. The van der Waals surface area contributed by atoms with E-state index in [-0.39, 0.29) is 17.7 Å². The molecule has 1 atom stereocenters. The van der Waals surface area contributed by atoms with Gasteiger partial charge in [0.15, 0.2) is 5.96 Å². The number of rotatable bonds is 6. The lowest BCUT2D eigenvalue weighted by Crippen LogP contribution is -2.55. The number of aliphatic imine (C=N–C) groups is 1. The van der Waals surface area contributed by atoms with Crippen LogP contribution < -0.4 is 5.32 Å². The van der Waals surface area contributed by atoms with Crippen LogP contribution in [0.2, 0.25) is 0 Å². The third-order valence-electron chi connectivity index (χ3n) is 5.19. The molecule has 2 heterocycles. The van der Waals surface area contributed by atoms with Crippen LogP contribution in [-0.2, 0) is 16.1 Å². The summed E-state index contributed by atoms with van der Waals surface area (Å²) >= 11 is 0. The Hall–Kier alpha value is -2.68. The Kier molecular flexibility index (Phi) is 7.40. The normalized spacial score (nSPS) is 20.0. The molecular formula is C20H29N5O4. The van der Waals surface area contributed by atoms with E-state index in [1.165, 1.54) is 12.1 Å². The molecule has 0 radical (unpaired) electrons. The number of benzene rings is 1. The van der Waals surface area contributed by atoms with Crippen LogP contribution in [0.5, 0.6) is 0 Å². The van der Waals surface area contributed by atoms with Crippen molar-refractivity contribution < 1.29 is 14.5 Å². The fourth-order valence-electron chi connectivity index (χ4n) is 3.51. The van der Waals surface area contributed by atoms with Gasteiger partial charge in [-0.3, -0.25) is 14.9 Å². The van der Waals surface area contributed by atoms with Crippen LogP contribution in [0.15, 0.2) is 29.3 Å². The highest BCUT2D eigenvalue weighted by atomic mass is 16.6. The molecule has 0 spiro atoms. The van der Waals surface area contributed by atoms with Crippen molar-refractivity contribution in [3.63, 3.8) is 0 Å². The predicted octanol–water partition coefficient (Wildman–Crippen LogP) is 1.77. The fraction of sp³-hybridized carbons (Fsp3) is 0.600. The van der Waals surface area contributed by atoms with Crippen molar-refractivity contribution >= 4 is 17.6 Å². The molecule has 1 aromatic rings. The summed E-state index contributed by atoms with van der Waals surface area (Å²) in [6.45, 7) is 6.78. The maximum Gasteiger partial charge on any atom is 0.269 e. The number of nitro groups is 1. The number of ether oxygens (including phenoxy) is 1. The zero-order chi connectivity index (χ0) is 20.6. The third kappa shape index (κ3) is 5.66. The van der Waals surface area contributed by atoms with Gasteiger partial charge in [-0.2, -0.15) is 0 Å². The highest BCUT2D eigenvalue weighted by Crippen LogP contribution is 2.16. The van der Waals surface area contributed by atoms with Gasteiger partial charge in [-0.05, 0) is 24.8 Å². The van der Waals surface area contributed by atoms with Gasteiger partial charge < -0.3 is 19.9 Å². The van der Waals surface area contributed by atoms with Crippen LogP contribution in [0.3, 0.4) is 0 Å². The number of carbonyl (C=O) groups excluding carboxylic acids is 1.